The minimum atomic E-state index is -4.22. The molecule has 0 radical (unpaired) electrons. The van der Waals surface area contributed by atoms with E-state index in [9.17, 15) is 18.3 Å². The summed E-state index contributed by atoms with van der Waals surface area (Å²) in [7, 11) is 1.41. The van der Waals surface area contributed by atoms with E-state index in [1.54, 1.807) is 26.0 Å². The van der Waals surface area contributed by atoms with E-state index in [1.165, 1.54) is 11.9 Å². The van der Waals surface area contributed by atoms with Crippen LogP contribution in [-0.4, -0.2) is 61.9 Å². The molecule has 1 atom stereocenters. The molecule has 6 nitrogen and oxygen atoms in total. The number of hydrogen-bond acceptors (Lipinski definition) is 4. The van der Waals surface area contributed by atoms with Crippen molar-refractivity contribution in [2.45, 2.75) is 32.5 Å². The predicted octanol–water partition coefficient (Wildman–Crippen LogP) is 1.84. The second-order valence-electron chi connectivity index (χ2n) is 6.16. The highest BCUT2D eigenvalue weighted by molar-refractivity contribution is 5.79. The Bertz CT molecular complexity index is 556. The SMILES string of the molecule is CCNC(=NCC(C)(O)c1ccc(C)o1)NCCN(C)CC(F)(F)F. The highest BCUT2D eigenvalue weighted by Crippen LogP contribution is 2.23. The lowest BCUT2D eigenvalue weighted by molar-refractivity contribution is -0.142. The van der Waals surface area contributed by atoms with Gasteiger partial charge in [0.05, 0.1) is 13.1 Å². The average molecular weight is 364 g/mol. The standard InChI is InChI=1S/C16H27F3N4O2/c1-5-20-14(21-8-9-23(4)11-16(17,18)19)22-10-15(3,24)13-7-6-12(2)25-13/h6-7,24H,5,8-11H2,1-4H3,(H2,20,21,22). The molecule has 1 heterocycles. The lowest BCUT2D eigenvalue weighted by Crippen LogP contribution is -2.43. The molecule has 9 heteroatoms. The first-order valence-electron chi connectivity index (χ1n) is 8.10. The van der Waals surface area contributed by atoms with Crippen molar-refractivity contribution < 1.29 is 22.7 Å². The normalized spacial score (nSPS) is 15.3. The maximum Gasteiger partial charge on any atom is 0.401 e. The average Bonchev–Trinajstić information content (AvgIpc) is 2.90. The summed E-state index contributed by atoms with van der Waals surface area (Å²) < 4.78 is 42.3. The van der Waals surface area contributed by atoms with Crippen LogP contribution >= 0.6 is 0 Å². The highest BCUT2D eigenvalue weighted by atomic mass is 19.4. The number of furan rings is 1. The fraction of sp³-hybridized carbons (Fsp3) is 0.688. The van der Waals surface area contributed by atoms with Crippen molar-refractivity contribution in [3.8, 4) is 0 Å². The first-order valence-corrected chi connectivity index (χ1v) is 8.10. The second-order valence-corrected chi connectivity index (χ2v) is 6.16. The Morgan fingerprint density at radius 1 is 1.32 bits per heavy atom. The molecule has 25 heavy (non-hydrogen) atoms. The summed E-state index contributed by atoms with van der Waals surface area (Å²) in [5.74, 6) is 1.53. The topological polar surface area (TPSA) is 73.0 Å². The number of aryl methyl sites for hydroxylation is 1. The minimum Gasteiger partial charge on any atom is -0.463 e. The first-order chi connectivity index (χ1) is 11.5. The van der Waals surface area contributed by atoms with E-state index in [1.807, 2.05) is 6.92 Å². The van der Waals surface area contributed by atoms with Crippen molar-refractivity contribution in [3.63, 3.8) is 0 Å². The van der Waals surface area contributed by atoms with Gasteiger partial charge >= 0.3 is 6.18 Å². The van der Waals surface area contributed by atoms with Gasteiger partial charge in [0.1, 0.15) is 17.1 Å². The number of halogens is 3. The van der Waals surface area contributed by atoms with Gasteiger partial charge in [0.15, 0.2) is 5.96 Å². The molecule has 0 aromatic carbocycles. The van der Waals surface area contributed by atoms with Gasteiger partial charge in [-0.3, -0.25) is 4.90 Å². The number of likely N-dealkylation sites (N-methyl/N-ethyl adjacent to an activating group) is 1. The Kier molecular flexibility index (Phi) is 7.75. The van der Waals surface area contributed by atoms with E-state index in [0.717, 1.165) is 0 Å². The van der Waals surface area contributed by atoms with Crippen LogP contribution in [-0.2, 0) is 5.60 Å². The van der Waals surface area contributed by atoms with Gasteiger partial charge in [-0.05, 0) is 40.0 Å². The predicted molar refractivity (Wildman–Crippen MR) is 90.5 cm³/mol. The lowest BCUT2D eigenvalue weighted by atomic mass is 10.0. The van der Waals surface area contributed by atoms with E-state index in [4.69, 9.17) is 4.42 Å². The zero-order chi connectivity index (χ0) is 19.1. The molecule has 144 valence electrons. The van der Waals surface area contributed by atoms with Crippen molar-refractivity contribution in [1.82, 2.24) is 15.5 Å². The molecule has 0 amide bonds. The van der Waals surface area contributed by atoms with Crippen molar-refractivity contribution in [2.75, 3.05) is 39.8 Å². The van der Waals surface area contributed by atoms with E-state index in [2.05, 4.69) is 15.6 Å². The molecule has 0 bridgehead atoms. The monoisotopic (exact) mass is 364 g/mol. The molecule has 0 saturated heterocycles. The van der Waals surface area contributed by atoms with E-state index < -0.39 is 18.3 Å². The zero-order valence-corrected chi connectivity index (χ0v) is 15.1. The number of rotatable bonds is 8. The molecular formula is C16H27F3N4O2. The number of hydrogen-bond donors (Lipinski definition) is 3. The number of aliphatic hydroxyl groups is 1. The summed E-state index contributed by atoms with van der Waals surface area (Å²) >= 11 is 0. The van der Waals surface area contributed by atoms with Crippen LogP contribution in [0.3, 0.4) is 0 Å². The summed E-state index contributed by atoms with van der Waals surface area (Å²) in [5, 5.41) is 16.4. The van der Waals surface area contributed by atoms with Gasteiger partial charge in [-0.2, -0.15) is 13.2 Å². The molecule has 0 spiro atoms. The van der Waals surface area contributed by atoms with E-state index in [-0.39, 0.29) is 13.1 Å². The number of guanidine groups is 1. The number of aliphatic imine (C=N–C) groups is 1. The molecule has 1 rings (SSSR count). The molecule has 1 unspecified atom stereocenters. The van der Waals surface area contributed by atoms with E-state index >= 15 is 0 Å². The third-order valence-corrected chi connectivity index (χ3v) is 3.40. The summed E-state index contributed by atoms with van der Waals surface area (Å²) in [6.45, 7) is 5.43. The van der Waals surface area contributed by atoms with Gasteiger partial charge in [-0.1, -0.05) is 0 Å². The van der Waals surface area contributed by atoms with Crippen LogP contribution in [0.4, 0.5) is 13.2 Å². The van der Waals surface area contributed by atoms with E-state index in [0.29, 0.717) is 30.6 Å². The molecule has 1 aromatic heterocycles. The van der Waals surface area contributed by atoms with Crippen molar-refractivity contribution in [3.05, 3.63) is 23.7 Å². The summed E-state index contributed by atoms with van der Waals surface area (Å²) in [5.41, 5.74) is -1.27. The Balaban J connectivity index is 2.56. The second kappa shape index (κ2) is 9.10. The van der Waals surface area contributed by atoms with Gasteiger partial charge in [-0.25, -0.2) is 4.99 Å². The fourth-order valence-corrected chi connectivity index (χ4v) is 2.13. The Morgan fingerprint density at radius 2 is 2.00 bits per heavy atom. The number of nitrogens with zero attached hydrogens (tertiary/aromatic N) is 2. The molecule has 0 aliphatic heterocycles. The van der Waals surface area contributed by atoms with Crippen LogP contribution in [0.25, 0.3) is 0 Å². The fourth-order valence-electron chi connectivity index (χ4n) is 2.13. The molecule has 1 aromatic rings. The zero-order valence-electron chi connectivity index (χ0n) is 15.1. The smallest absolute Gasteiger partial charge is 0.401 e. The number of nitrogens with one attached hydrogen (secondary N) is 2. The van der Waals surface area contributed by atoms with Crippen molar-refractivity contribution in [1.29, 1.82) is 0 Å². The molecular weight excluding hydrogens is 337 g/mol. The summed E-state index contributed by atoms with van der Waals surface area (Å²) in [6, 6.07) is 3.45. The Labute approximate surface area is 146 Å². The van der Waals surface area contributed by atoms with Crippen LogP contribution < -0.4 is 10.6 Å². The Morgan fingerprint density at radius 3 is 2.52 bits per heavy atom. The Hall–Kier alpha value is -1.74. The van der Waals surface area contributed by atoms with Gasteiger partial charge in [0, 0.05) is 19.6 Å². The van der Waals surface area contributed by atoms with Gasteiger partial charge in [0.25, 0.3) is 0 Å². The van der Waals surface area contributed by atoms with Crippen LogP contribution in [0.1, 0.15) is 25.4 Å². The highest BCUT2D eigenvalue weighted by Gasteiger charge is 2.29. The lowest BCUT2D eigenvalue weighted by Gasteiger charge is -2.21. The maximum atomic E-state index is 12.3. The van der Waals surface area contributed by atoms with Crippen LogP contribution in [0.5, 0.6) is 0 Å². The largest absolute Gasteiger partial charge is 0.463 e. The first kappa shape index (κ1) is 21.3. The van der Waals surface area contributed by atoms with Crippen LogP contribution in [0.2, 0.25) is 0 Å². The van der Waals surface area contributed by atoms with Crippen LogP contribution in [0.15, 0.2) is 21.5 Å². The summed E-state index contributed by atoms with van der Waals surface area (Å²) in [6.07, 6.45) is -4.22. The maximum absolute atomic E-state index is 12.3. The third-order valence-electron chi connectivity index (χ3n) is 3.40. The minimum absolute atomic E-state index is 0.0493. The van der Waals surface area contributed by atoms with Gasteiger partial charge in [-0.15, -0.1) is 0 Å². The number of alkyl halides is 3. The molecule has 0 fully saturated rings. The summed E-state index contributed by atoms with van der Waals surface area (Å²) in [4.78, 5) is 5.46. The van der Waals surface area contributed by atoms with Crippen LogP contribution in [0, 0.1) is 6.92 Å². The molecule has 0 saturated carbocycles. The van der Waals surface area contributed by atoms with Gasteiger partial charge in [0.2, 0.25) is 0 Å². The molecule has 0 aliphatic carbocycles. The van der Waals surface area contributed by atoms with Gasteiger partial charge < -0.3 is 20.2 Å². The molecule has 0 aliphatic rings. The third kappa shape index (κ3) is 8.26. The molecule has 3 N–H and O–H groups in total. The van der Waals surface area contributed by atoms with Crippen molar-refractivity contribution in [2.24, 2.45) is 4.99 Å². The van der Waals surface area contributed by atoms with Crippen molar-refractivity contribution >= 4 is 5.96 Å². The quantitative estimate of drug-likeness (QED) is 0.485.